The average molecular weight is 310 g/mol. The Bertz CT molecular complexity index is 552. The number of hydrogen-bond donors (Lipinski definition) is 1. The third-order valence-electron chi connectivity index (χ3n) is 2.75. The van der Waals surface area contributed by atoms with Crippen molar-refractivity contribution in [2.75, 3.05) is 11.9 Å². The Morgan fingerprint density at radius 1 is 1.05 bits per heavy atom. The molecule has 4 heteroatoms. The molecule has 0 radical (unpaired) electrons. The van der Waals surface area contributed by atoms with E-state index < -0.39 is 0 Å². The van der Waals surface area contributed by atoms with Crippen LogP contribution in [0.3, 0.4) is 0 Å². The molecular weight excluding hydrogens is 293 g/mol. The second-order valence-corrected chi connectivity index (χ2v) is 5.35. The van der Waals surface area contributed by atoms with Crippen molar-refractivity contribution in [1.29, 1.82) is 0 Å². The molecule has 1 N–H and O–H groups in total. The molecule has 0 aromatic heterocycles. The van der Waals surface area contributed by atoms with Crippen molar-refractivity contribution in [3.8, 4) is 5.75 Å². The second-order valence-electron chi connectivity index (χ2n) is 4.48. The van der Waals surface area contributed by atoms with Gasteiger partial charge in [-0.05, 0) is 42.3 Å². The highest BCUT2D eigenvalue weighted by Crippen LogP contribution is 2.25. The Labute approximate surface area is 129 Å². The van der Waals surface area contributed by atoms with Gasteiger partial charge in [0.05, 0.1) is 12.3 Å². The summed E-state index contributed by atoms with van der Waals surface area (Å²) in [7, 11) is 0. The van der Waals surface area contributed by atoms with E-state index in [1.54, 1.807) is 6.07 Å². The predicted molar refractivity (Wildman–Crippen MR) is 86.0 cm³/mol. The fraction of sp³-hybridized carbons (Fsp3) is 0.250. The van der Waals surface area contributed by atoms with E-state index in [-0.39, 0.29) is 0 Å². The fourth-order valence-electron chi connectivity index (χ4n) is 1.86. The summed E-state index contributed by atoms with van der Waals surface area (Å²) in [6.45, 7) is 3.44. The number of benzene rings is 2. The molecule has 0 aliphatic carbocycles. The Morgan fingerprint density at radius 3 is 2.45 bits per heavy atom. The van der Waals surface area contributed by atoms with E-state index >= 15 is 0 Å². The van der Waals surface area contributed by atoms with Crippen LogP contribution < -0.4 is 10.1 Å². The van der Waals surface area contributed by atoms with Gasteiger partial charge in [-0.2, -0.15) is 0 Å². The van der Waals surface area contributed by atoms with Crippen molar-refractivity contribution in [3.05, 3.63) is 58.1 Å². The van der Waals surface area contributed by atoms with Gasteiger partial charge in [0.15, 0.2) is 0 Å². The first-order valence-electron chi connectivity index (χ1n) is 6.59. The van der Waals surface area contributed by atoms with E-state index in [0.717, 1.165) is 23.4 Å². The molecule has 2 rings (SSSR count). The minimum atomic E-state index is 0.643. The maximum absolute atomic E-state index is 5.99. The second kappa shape index (κ2) is 7.41. The number of ether oxygens (including phenoxy) is 1. The summed E-state index contributed by atoms with van der Waals surface area (Å²) in [5.74, 6) is 0.863. The minimum absolute atomic E-state index is 0.643. The molecule has 0 saturated heterocycles. The summed E-state index contributed by atoms with van der Waals surface area (Å²) in [6, 6.07) is 13.4. The van der Waals surface area contributed by atoms with Crippen LogP contribution in [-0.2, 0) is 6.54 Å². The van der Waals surface area contributed by atoms with Crippen LogP contribution in [-0.4, -0.2) is 6.61 Å². The molecule has 106 valence electrons. The molecule has 0 bridgehead atoms. The molecule has 0 atom stereocenters. The van der Waals surface area contributed by atoms with E-state index in [0.29, 0.717) is 23.2 Å². The first-order valence-corrected chi connectivity index (χ1v) is 7.35. The van der Waals surface area contributed by atoms with Crippen LogP contribution in [0.2, 0.25) is 10.0 Å². The average Bonchev–Trinajstić information content (AvgIpc) is 2.43. The maximum Gasteiger partial charge on any atom is 0.142 e. The van der Waals surface area contributed by atoms with E-state index in [4.69, 9.17) is 27.9 Å². The molecule has 0 aliphatic heterocycles. The quantitative estimate of drug-likeness (QED) is 0.772. The molecule has 0 saturated carbocycles. The van der Waals surface area contributed by atoms with Gasteiger partial charge in [-0.15, -0.1) is 0 Å². The number of nitrogens with one attached hydrogen (secondary N) is 1. The third kappa shape index (κ3) is 4.32. The zero-order valence-corrected chi connectivity index (χ0v) is 12.8. The topological polar surface area (TPSA) is 21.3 Å². The number of rotatable bonds is 6. The van der Waals surface area contributed by atoms with Gasteiger partial charge < -0.3 is 10.1 Å². The van der Waals surface area contributed by atoms with Crippen molar-refractivity contribution in [1.82, 2.24) is 0 Å². The van der Waals surface area contributed by atoms with Crippen molar-refractivity contribution >= 4 is 28.9 Å². The van der Waals surface area contributed by atoms with E-state index in [9.17, 15) is 0 Å². The van der Waals surface area contributed by atoms with Gasteiger partial charge in [-0.3, -0.25) is 0 Å². The lowest BCUT2D eigenvalue weighted by molar-refractivity contribution is 0.319. The number of halogens is 2. The number of hydrogen-bond acceptors (Lipinski definition) is 2. The van der Waals surface area contributed by atoms with E-state index in [1.807, 2.05) is 36.4 Å². The Kier molecular flexibility index (Phi) is 5.57. The highest BCUT2D eigenvalue weighted by atomic mass is 35.5. The standard InChI is InChI=1S/C16H17Cl2NO/c1-2-7-20-16-6-4-3-5-15(16)19-11-12-8-13(17)10-14(18)9-12/h3-6,8-10,19H,2,7,11H2,1H3. The van der Waals surface area contributed by atoms with Gasteiger partial charge in [0.25, 0.3) is 0 Å². The molecule has 0 fully saturated rings. The first-order chi connectivity index (χ1) is 9.69. The smallest absolute Gasteiger partial charge is 0.142 e. The normalized spacial score (nSPS) is 10.3. The van der Waals surface area contributed by atoms with Gasteiger partial charge in [-0.1, -0.05) is 42.3 Å². The highest BCUT2D eigenvalue weighted by Gasteiger charge is 2.03. The summed E-state index contributed by atoms with van der Waals surface area (Å²) in [5, 5.41) is 4.64. The summed E-state index contributed by atoms with van der Waals surface area (Å²) >= 11 is 12.0. The minimum Gasteiger partial charge on any atom is -0.491 e. The van der Waals surface area contributed by atoms with Crippen LogP contribution in [0.25, 0.3) is 0 Å². The van der Waals surface area contributed by atoms with Gasteiger partial charge in [0, 0.05) is 16.6 Å². The summed E-state index contributed by atoms with van der Waals surface area (Å²) in [5.41, 5.74) is 2.00. The SMILES string of the molecule is CCCOc1ccccc1NCc1cc(Cl)cc(Cl)c1. The van der Waals surface area contributed by atoms with Crippen LogP contribution in [0.15, 0.2) is 42.5 Å². The Hall–Kier alpha value is -1.38. The van der Waals surface area contributed by atoms with Crippen molar-refractivity contribution < 1.29 is 4.74 Å². The van der Waals surface area contributed by atoms with E-state index in [1.165, 1.54) is 0 Å². The summed E-state index contributed by atoms with van der Waals surface area (Å²) in [6.07, 6.45) is 0.984. The third-order valence-corrected chi connectivity index (χ3v) is 3.19. The summed E-state index contributed by atoms with van der Waals surface area (Å²) < 4.78 is 5.71. The van der Waals surface area contributed by atoms with Crippen molar-refractivity contribution in [3.63, 3.8) is 0 Å². The van der Waals surface area contributed by atoms with Crippen LogP contribution >= 0.6 is 23.2 Å². The fourth-order valence-corrected chi connectivity index (χ4v) is 2.43. The molecule has 20 heavy (non-hydrogen) atoms. The summed E-state index contributed by atoms with van der Waals surface area (Å²) in [4.78, 5) is 0. The van der Waals surface area contributed by atoms with Crippen LogP contribution in [0.1, 0.15) is 18.9 Å². The maximum atomic E-state index is 5.99. The van der Waals surface area contributed by atoms with Crippen molar-refractivity contribution in [2.45, 2.75) is 19.9 Å². The lowest BCUT2D eigenvalue weighted by atomic mass is 10.2. The molecule has 0 spiro atoms. The molecule has 2 nitrogen and oxygen atoms in total. The zero-order chi connectivity index (χ0) is 14.4. The Balaban J connectivity index is 2.06. The first kappa shape index (κ1) is 15.0. The number of para-hydroxylation sites is 2. The molecule has 0 amide bonds. The monoisotopic (exact) mass is 309 g/mol. The van der Waals surface area contributed by atoms with E-state index in [2.05, 4.69) is 12.2 Å². The molecule has 0 heterocycles. The lowest BCUT2D eigenvalue weighted by Gasteiger charge is -2.13. The molecule has 0 aliphatic rings. The Morgan fingerprint density at radius 2 is 1.75 bits per heavy atom. The molecule has 0 unspecified atom stereocenters. The van der Waals surface area contributed by atoms with Crippen LogP contribution in [0, 0.1) is 0 Å². The molecule has 2 aromatic rings. The predicted octanol–water partition coefficient (Wildman–Crippen LogP) is 5.39. The van der Waals surface area contributed by atoms with Gasteiger partial charge in [0.1, 0.15) is 5.75 Å². The van der Waals surface area contributed by atoms with Crippen LogP contribution in [0.5, 0.6) is 5.75 Å². The van der Waals surface area contributed by atoms with Gasteiger partial charge in [-0.25, -0.2) is 0 Å². The lowest BCUT2D eigenvalue weighted by Crippen LogP contribution is -2.03. The largest absolute Gasteiger partial charge is 0.491 e. The molecule has 2 aromatic carbocycles. The number of anilines is 1. The van der Waals surface area contributed by atoms with Crippen LogP contribution in [0.4, 0.5) is 5.69 Å². The zero-order valence-electron chi connectivity index (χ0n) is 11.3. The van der Waals surface area contributed by atoms with Gasteiger partial charge >= 0.3 is 0 Å². The molecular formula is C16H17Cl2NO. The highest BCUT2D eigenvalue weighted by molar-refractivity contribution is 6.34. The van der Waals surface area contributed by atoms with Crippen molar-refractivity contribution in [2.24, 2.45) is 0 Å². The van der Waals surface area contributed by atoms with Gasteiger partial charge in [0.2, 0.25) is 0 Å².